The number of aromatic nitrogens is 1. The summed E-state index contributed by atoms with van der Waals surface area (Å²) in [5, 5.41) is 0. The van der Waals surface area contributed by atoms with E-state index in [9.17, 15) is 0 Å². The van der Waals surface area contributed by atoms with Crippen LogP contribution in [-0.2, 0) is 5.41 Å². The second-order valence-corrected chi connectivity index (χ2v) is 5.16. The van der Waals surface area contributed by atoms with Gasteiger partial charge in [0.25, 0.3) is 0 Å². The molecular weight excluding hydrogens is 254 g/mol. The summed E-state index contributed by atoms with van der Waals surface area (Å²) in [4.78, 5) is 4.62. The van der Waals surface area contributed by atoms with Gasteiger partial charge in [0.2, 0.25) is 5.89 Å². The minimum atomic E-state index is -0.316. The van der Waals surface area contributed by atoms with Crippen molar-refractivity contribution in [3.63, 3.8) is 0 Å². The number of nitrogens with zero attached hydrogens (tertiary/aromatic N) is 1. The van der Waals surface area contributed by atoms with Crippen LogP contribution in [0.2, 0.25) is 0 Å². The molecule has 3 rings (SSSR count). The molecule has 0 amide bonds. The van der Waals surface area contributed by atoms with E-state index in [0.29, 0.717) is 5.75 Å². The van der Waals surface area contributed by atoms with Gasteiger partial charge in [-0.25, -0.2) is 4.98 Å². The second kappa shape index (κ2) is 4.74. The van der Waals surface area contributed by atoms with Gasteiger partial charge in [0.1, 0.15) is 5.52 Å². The van der Waals surface area contributed by atoms with Crippen LogP contribution in [0.5, 0.6) is 0 Å². The van der Waals surface area contributed by atoms with E-state index in [0.717, 1.165) is 22.6 Å². The fourth-order valence-corrected chi connectivity index (χ4v) is 2.51. The van der Waals surface area contributed by atoms with Crippen LogP contribution in [0.25, 0.3) is 11.1 Å². The van der Waals surface area contributed by atoms with Crippen LogP contribution >= 0.6 is 12.6 Å². The molecule has 2 nitrogen and oxygen atoms in total. The van der Waals surface area contributed by atoms with E-state index in [1.54, 1.807) is 0 Å². The summed E-state index contributed by atoms with van der Waals surface area (Å²) in [6.45, 7) is 2.11. The molecule has 3 aromatic rings. The van der Waals surface area contributed by atoms with Crippen molar-refractivity contribution in [2.75, 3.05) is 5.75 Å². The Morgan fingerprint density at radius 3 is 2.42 bits per heavy atom. The third-order valence-corrected chi connectivity index (χ3v) is 4.13. The number of rotatable bonds is 3. The highest BCUT2D eigenvalue weighted by Gasteiger charge is 2.32. The van der Waals surface area contributed by atoms with Gasteiger partial charge in [0, 0.05) is 5.75 Å². The average Bonchev–Trinajstić information content (AvgIpc) is 2.92. The first kappa shape index (κ1) is 12.3. The number of benzene rings is 2. The zero-order valence-corrected chi connectivity index (χ0v) is 11.6. The standard InChI is InChI=1S/C16H15NOS/c1-16(11-19,12-7-3-2-4-8-12)15-17-13-9-5-6-10-14(13)18-15/h2-10,19H,11H2,1H3. The van der Waals surface area contributed by atoms with Crippen molar-refractivity contribution in [2.45, 2.75) is 12.3 Å². The molecule has 0 fully saturated rings. The summed E-state index contributed by atoms with van der Waals surface area (Å²) >= 11 is 4.51. The summed E-state index contributed by atoms with van der Waals surface area (Å²) in [6.07, 6.45) is 0. The van der Waals surface area contributed by atoms with Crippen molar-refractivity contribution in [1.82, 2.24) is 4.98 Å². The predicted molar refractivity (Wildman–Crippen MR) is 80.8 cm³/mol. The molecular formula is C16H15NOS. The van der Waals surface area contributed by atoms with Crippen LogP contribution in [0.4, 0.5) is 0 Å². The van der Waals surface area contributed by atoms with Crippen molar-refractivity contribution < 1.29 is 4.42 Å². The minimum absolute atomic E-state index is 0.316. The third kappa shape index (κ3) is 2.04. The Morgan fingerprint density at radius 1 is 1.05 bits per heavy atom. The molecule has 1 atom stereocenters. The Bertz CT molecular complexity index is 659. The topological polar surface area (TPSA) is 26.0 Å². The van der Waals surface area contributed by atoms with E-state index in [1.807, 2.05) is 42.5 Å². The fraction of sp³-hybridized carbons (Fsp3) is 0.188. The van der Waals surface area contributed by atoms with Gasteiger partial charge >= 0.3 is 0 Å². The molecule has 19 heavy (non-hydrogen) atoms. The molecule has 0 spiro atoms. The molecule has 0 aliphatic rings. The van der Waals surface area contributed by atoms with Gasteiger partial charge in [-0.1, -0.05) is 42.5 Å². The SMILES string of the molecule is CC(CS)(c1ccccc1)c1nc2ccccc2o1. The zero-order chi connectivity index (χ0) is 13.3. The minimum Gasteiger partial charge on any atom is -0.440 e. The van der Waals surface area contributed by atoms with E-state index in [1.165, 1.54) is 0 Å². The van der Waals surface area contributed by atoms with Gasteiger partial charge in [-0.3, -0.25) is 0 Å². The molecule has 0 saturated carbocycles. The molecule has 0 N–H and O–H groups in total. The van der Waals surface area contributed by atoms with Gasteiger partial charge in [0.05, 0.1) is 5.41 Å². The van der Waals surface area contributed by atoms with Crippen LogP contribution < -0.4 is 0 Å². The summed E-state index contributed by atoms with van der Waals surface area (Å²) in [6, 6.07) is 18.1. The lowest BCUT2D eigenvalue weighted by molar-refractivity contribution is 0.439. The Balaban J connectivity index is 2.16. The van der Waals surface area contributed by atoms with Gasteiger partial charge in [-0.2, -0.15) is 12.6 Å². The number of hydrogen-bond donors (Lipinski definition) is 1. The Morgan fingerprint density at radius 2 is 1.74 bits per heavy atom. The van der Waals surface area contributed by atoms with Crippen molar-refractivity contribution in [2.24, 2.45) is 0 Å². The highest BCUT2D eigenvalue weighted by molar-refractivity contribution is 7.80. The smallest absolute Gasteiger partial charge is 0.206 e. The van der Waals surface area contributed by atoms with Crippen molar-refractivity contribution in [1.29, 1.82) is 0 Å². The molecule has 3 heteroatoms. The Labute approximate surface area is 117 Å². The van der Waals surface area contributed by atoms with Gasteiger partial charge in [-0.05, 0) is 24.6 Å². The lowest BCUT2D eigenvalue weighted by atomic mass is 9.84. The molecule has 0 aliphatic carbocycles. The number of oxazole rings is 1. The van der Waals surface area contributed by atoms with E-state index in [-0.39, 0.29) is 5.41 Å². The quantitative estimate of drug-likeness (QED) is 0.725. The number of hydrogen-bond acceptors (Lipinski definition) is 3. The molecule has 2 aromatic carbocycles. The highest BCUT2D eigenvalue weighted by Crippen LogP contribution is 2.34. The highest BCUT2D eigenvalue weighted by atomic mass is 32.1. The van der Waals surface area contributed by atoms with Gasteiger partial charge in [0.15, 0.2) is 5.58 Å². The Kier molecular flexibility index (Phi) is 3.07. The second-order valence-electron chi connectivity index (χ2n) is 4.84. The first-order chi connectivity index (χ1) is 9.24. The molecule has 1 unspecified atom stereocenters. The van der Waals surface area contributed by atoms with E-state index in [4.69, 9.17) is 4.42 Å². The monoisotopic (exact) mass is 269 g/mol. The van der Waals surface area contributed by atoms with Crippen LogP contribution in [0, 0.1) is 0 Å². The normalized spacial score (nSPS) is 14.4. The molecule has 96 valence electrons. The molecule has 1 aromatic heterocycles. The van der Waals surface area contributed by atoms with E-state index in [2.05, 4.69) is 36.7 Å². The maximum absolute atomic E-state index is 5.92. The third-order valence-electron chi connectivity index (χ3n) is 3.49. The van der Waals surface area contributed by atoms with Crippen molar-refractivity contribution in [3.05, 3.63) is 66.1 Å². The zero-order valence-electron chi connectivity index (χ0n) is 10.7. The molecule has 0 aliphatic heterocycles. The largest absolute Gasteiger partial charge is 0.440 e. The van der Waals surface area contributed by atoms with E-state index >= 15 is 0 Å². The van der Waals surface area contributed by atoms with Gasteiger partial charge in [-0.15, -0.1) is 0 Å². The summed E-state index contributed by atoms with van der Waals surface area (Å²) < 4.78 is 5.92. The van der Waals surface area contributed by atoms with E-state index < -0.39 is 0 Å². The summed E-state index contributed by atoms with van der Waals surface area (Å²) in [5.74, 6) is 1.36. The van der Waals surface area contributed by atoms with Crippen molar-refractivity contribution in [3.8, 4) is 0 Å². The molecule has 1 heterocycles. The predicted octanol–water partition coefficient (Wildman–Crippen LogP) is 4.06. The first-order valence-corrected chi connectivity index (χ1v) is 6.90. The maximum Gasteiger partial charge on any atom is 0.206 e. The average molecular weight is 269 g/mol. The van der Waals surface area contributed by atoms with Crippen LogP contribution in [0.15, 0.2) is 59.0 Å². The summed E-state index contributed by atoms with van der Waals surface area (Å²) in [5.41, 5.74) is 2.56. The first-order valence-electron chi connectivity index (χ1n) is 6.26. The molecule has 0 saturated heterocycles. The van der Waals surface area contributed by atoms with Gasteiger partial charge < -0.3 is 4.42 Å². The lowest BCUT2D eigenvalue weighted by Gasteiger charge is -2.24. The maximum atomic E-state index is 5.92. The van der Waals surface area contributed by atoms with Crippen molar-refractivity contribution >= 4 is 23.7 Å². The molecule has 0 bridgehead atoms. The van der Waals surface area contributed by atoms with Crippen LogP contribution in [0.1, 0.15) is 18.4 Å². The number of fused-ring (bicyclic) bond motifs is 1. The van der Waals surface area contributed by atoms with Crippen LogP contribution in [0.3, 0.4) is 0 Å². The van der Waals surface area contributed by atoms with Crippen LogP contribution in [-0.4, -0.2) is 10.7 Å². The number of thiol groups is 1. The lowest BCUT2D eigenvalue weighted by Crippen LogP contribution is -2.26. The number of para-hydroxylation sites is 2. The fourth-order valence-electron chi connectivity index (χ4n) is 2.20. The Hall–Kier alpha value is -1.74. The summed E-state index contributed by atoms with van der Waals surface area (Å²) in [7, 11) is 0. The molecule has 0 radical (unpaired) electrons.